The Morgan fingerprint density at radius 2 is 1.94 bits per heavy atom. The maximum atomic E-state index is 12.1. The van der Waals surface area contributed by atoms with Crippen LogP contribution in [0.1, 0.15) is 24.8 Å². The van der Waals surface area contributed by atoms with Crippen molar-refractivity contribution < 1.29 is 13.5 Å². The Hall–Kier alpha value is -1.07. The molecular weight excluding hydrogens is 250 g/mol. The molecule has 1 aliphatic rings. The predicted octanol–water partition coefficient (Wildman–Crippen LogP) is 1.45. The SMILES string of the molecule is O=S(=O)(Cc1ccc(O)cc1)CC1CCCCN1. The molecule has 1 heterocycles. The minimum Gasteiger partial charge on any atom is -0.508 e. The number of sulfone groups is 1. The average Bonchev–Trinajstić information content (AvgIpc) is 2.32. The topological polar surface area (TPSA) is 66.4 Å². The van der Waals surface area contributed by atoms with Crippen molar-refractivity contribution >= 4 is 9.84 Å². The Kier molecular flexibility index (Phi) is 4.24. The molecule has 1 fully saturated rings. The van der Waals surface area contributed by atoms with Crippen LogP contribution in [0.5, 0.6) is 5.75 Å². The third-order valence-electron chi connectivity index (χ3n) is 3.19. The Bertz CT molecular complexity index is 475. The highest BCUT2D eigenvalue weighted by molar-refractivity contribution is 7.90. The van der Waals surface area contributed by atoms with Crippen LogP contribution in [-0.4, -0.2) is 31.9 Å². The van der Waals surface area contributed by atoms with Gasteiger partial charge in [-0.15, -0.1) is 0 Å². The van der Waals surface area contributed by atoms with E-state index >= 15 is 0 Å². The quantitative estimate of drug-likeness (QED) is 0.868. The van der Waals surface area contributed by atoms with E-state index < -0.39 is 9.84 Å². The van der Waals surface area contributed by atoms with E-state index in [4.69, 9.17) is 5.11 Å². The second kappa shape index (κ2) is 5.71. The van der Waals surface area contributed by atoms with Gasteiger partial charge < -0.3 is 10.4 Å². The van der Waals surface area contributed by atoms with Crippen molar-refractivity contribution in [3.05, 3.63) is 29.8 Å². The average molecular weight is 269 g/mol. The third-order valence-corrected chi connectivity index (χ3v) is 4.87. The van der Waals surface area contributed by atoms with Crippen LogP contribution in [0.4, 0.5) is 0 Å². The zero-order valence-electron chi connectivity index (χ0n) is 10.3. The Balaban J connectivity index is 1.96. The molecule has 1 aromatic carbocycles. The molecule has 4 nitrogen and oxygen atoms in total. The summed E-state index contributed by atoms with van der Waals surface area (Å²) in [6.07, 6.45) is 3.18. The summed E-state index contributed by atoms with van der Waals surface area (Å²) >= 11 is 0. The molecule has 2 rings (SSSR count). The summed E-state index contributed by atoms with van der Waals surface area (Å²) in [4.78, 5) is 0. The summed E-state index contributed by atoms with van der Waals surface area (Å²) in [6, 6.07) is 6.44. The van der Waals surface area contributed by atoms with Gasteiger partial charge in [0.05, 0.1) is 11.5 Å². The maximum Gasteiger partial charge on any atom is 0.155 e. The molecule has 0 aliphatic carbocycles. The highest BCUT2D eigenvalue weighted by atomic mass is 32.2. The van der Waals surface area contributed by atoms with Crippen molar-refractivity contribution in [2.45, 2.75) is 31.1 Å². The van der Waals surface area contributed by atoms with Gasteiger partial charge in [0.25, 0.3) is 0 Å². The summed E-state index contributed by atoms with van der Waals surface area (Å²) in [5.41, 5.74) is 0.726. The van der Waals surface area contributed by atoms with Crippen LogP contribution in [0, 0.1) is 0 Å². The van der Waals surface area contributed by atoms with Gasteiger partial charge in [-0.3, -0.25) is 0 Å². The lowest BCUT2D eigenvalue weighted by Gasteiger charge is -2.23. The van der Waals surface area contributed by atoms with E-state index in [0.717, 1.165) is 31.4 Å². The molecule has 1 saturated heterocycles. The first-order valence-electron chi connectivity index (χ1n) is 6.27. The second-order valence-electron chi connectivity index (χ2n) is 4.87. The molecule has 0 saturated carbocycles. The highest BCUT2D eigenvalue weighted by Gasteiger charge is 2.21. The summed E-state index contributed by atoms with van der Waals surface area (Å²) < 4.78 is 24.1. The lowest BCUT2D eigenvalue weighted by molar-refractivity contribution is 0.423. The molecule has 2 N–H and O–H groups in total. The number of hydrogen-bond acceptors (Lipinski definition) is 4. The third kappa shape index (κ3) is 3.99. The number of benzene rings is 1. The first-order valence-corrected chi connectivity index (χ1v) is 8.09. The van der Waals surface area contributed by atoms with Gasteiger partial charge in [-0.2, -0.15) is 0 Å². The lowest BCUT2D eigenvalue weighted by Crippen LogP contribution is -2.39. The highest BCUT2D eigenvalue weighted by Crippen LogP contribution is 2.15. The number of piperidine rings is 1. The van der Waals surface area contributed by atoms with Crippen LogP contribution in [0.2, 0.25) is 0 Å². The largest absolute Gasteiger partial charge is 0.508 e. The minimum absolute atomic E-state index is 0.0471. The van der Waals surface area contributed by atoms with Crippen LogP contribution >= 0.6 is 0 Å². The lowest BCUT2D eigenvalue weighted by atomic mass is 10.1. The van der Waals surface area contributed by atoms with Crippen molar-refractivity contribution in [2.75, 3.05) is 12.3 Å². The van der Waals surface area contributed by atoms with Crippen LogP contribution in [-0.2, 0) is 15.6 Å². The van der Waals surface area contributed by atoms with E-state index in [1.54, 1.807) is 12.1 Å². The van der Waals surface area contributed by atoms with Crippen LogP contribution < -0.4 is 5.32 Å². The first-order chi connectivity index (χ1) is 8.55. The molecule has 0 aromatic heterocycles. The fourth-order valence-corrected chi connectivity index (χ4v) is 3.99. The van der Waals surface area contributed by atoms with Gasteiger partial charge >= 0.3 is 0 Å². The van der Waals surface area contributed by atoms with Gasteiger partial charge in [0.1, 0.15) is 5.75 Å². The molecule has 0 amide bonds. The van der Waals surface area contributed by atoms with Gasteiger partial charge in [0.2, 0.25) is 0 Å². The van der Waals surface area contributed by atoms with E-state index in [-0.39, 0.29) is 23.3 Å². The number of aromatic hydroxyl groups is 1. The summed E-state index contributed by atoms with van der Waals surface area (Å²) in [7, 11) is -3.09. The van der Waals surface area contributed by atoms with Crippen molar-refractivity contribution in [1.29, 1.82) is 0 Å². The molecule has 100 valence electrons. The van der Waals surface area contributed by atoms with Crippen LogP contribution in [0.25, 0.3) is 0 Å². The van der Waals surface area contributed by atoms with Gasteiger partial charge in [-0.1, -0.05) is 18.6 Å². The second-order valence-corrected chi connectivity index (χ2v) is 6.98. The Labute approximate surface area is 108 Å². The number of hydrogen-bond donors (Lipinski definition) is 2. The summed E-state index contributed by atoms with van der Waals surface area (Å²) in [6.45, 7) is 0.916. The molecule has 1 aliphatic heterocycles. The molecule has 5 heteroatoms. The van der Waals surface area contributed by atoms with Crippen molar-refractivity contribution in [1.82, 2.24) is 5.32 Å². The molecule has 0 spiro atoms. The van der Waals surface area contributed by atoms with E-state index in [0.29, 0.717) is 0 Å². The number of nitrogens with one attached hydrogen (secondary N) is 1. The fourth-order valence-electron chi connectivity index (χ4n) is 2.28. The number of phenolic OH excluding ortho intramolecular Hbond substituents is 1. The standard InChI is InChI=1S/C13H19NO3S/c15-13-6-4-11(5-7-13)9-18(16,17)10-12-3-1-2-8-14-12/h4-7,12,14-15H,1-3,8-10H2. The molecule has 1 aromatic rings. The van der Waals surface area contributed by atoms with Crippen molar-refractivity contribution in [3.63, 3.8) is 0 Å². The first kappa shape index (κ1) is 13.4. The molecule has 1 unspecified atom stereocenters. The van der Waals surface area contributed by atoms with Crippen LogP contribution in [0.15, 0.2) is 24.3 Å². The van der Waals surface area contributed by atoms with Gasteiger partial charge in [-0.25, -0.2) is 8.42 Å². The van der Waals surface area contributed by atoms with E-state index in [1.165, 1.54) is 12.1 Å². The van der Waals surface area contributed by atoms with E-state index in [2.05, 4.69) is 5.32 Å². The smallest absolute Gasteiger partial charge is 0.155 e. The molecule has 0 radical (unpaired) electrons. The monoisotopic (exact) mass is 269 g/mol. The van der Waals surface area contributed by atoms with E-state index in [9.17, 15) is 8.42 Å². The zero-order chi connectivity index (χ0) is 13.0. The van der Waals surface area contributed by atoms with Gasteiger partial charge in [0.15, 0.2) is 9.84 Å². The van der Waals surface area contributed by atoms with Crippen molar-refractivity contribution in [3.8, 4) is 5.75 Å². The Morgan fingerprint density at radius 1 is 1.22 bits per heavy atom. The number of rotatable bonds is 4. The Morgan fingerprint density at radius 3 is 2.56 bits per heavy atom. The fraction of sp³-hybridized carbons (Fsp3) is 0.538. The minimum atomic E-state index is -3.09. The predicted molar refractivity (Wildman–Crippen MR) is 71.2 cm³/mol. The molecule has 0 bridgehead atoms. The molecule has 1 atom stereocenters. The van der Waals surface area contributed by atoms with Gasteiger partial charge in [0, 0.05) is 6.04 Å². The van der Waals surface area contributed by atoms with Crippen molar-refractivity contribution in [2.24, 2.45) is 0 Å². The number of phenols is 1. The zero-order valence-corrected chi connectivity index (χ0v) is 11.1. The van der Waals surface area contributed by atoms with E-state index in [1.807, 2.05) is 0 Å². The normalized spacial score (nSPS) is 20.8. The molecule has 18 heavy (non-hydrogen) atoms. The van der Waals surface area contributed by atoms with Gasteiger partial charge in [-0.05, 0) is 37.1 Å². The summed E-state index contributed by atoms with van der Waals surface area (Å²) in [5, 5.41) is 12.4. The summed E-state index contributed by atoms with van der Waals surface area (Å²) in [5.74, 6) is 0.407. The van der Waals surface area contributed by atoms with Crippen LogP contribution in [0.3, 0.4) is 0 Å². The molecular formula is C13H19NO3S. The maximum absolute atomic E-state index is 12.1.